The molecule has 2 aromatic heterocycles. The van der Waals surface area contributed by atoms with Crippen molar-refractivity contribution in [2.45, 2.75) is 26.8 Å². The second-order valence-corrected chi connectivity index (χ2v) is 5.98. The SMILES string of the molecule is CCNC(=NCc1ncnn1C)NCCc1c[nH]c2cccc(C)c12.I. The highest BCUT2D eigenvalue weighted by Gasteiger charge is 2.06. The van der Waals surface area contributed by atoms with E-state index in [0.717, 1.165) is 31.3 Å². The van der Waals surface area contributed by atoms with Crippen LogP contribution in [0.5, 0.6) is 0 Å². The molecular formula is C18H26IN7. The Morgan fingerprint density at radius 2 is 2.15 bits per heavy atom. The van der Waals surface area contributed by atoms with Gasteiger partial charge in [-0.3, -0.25) is 4.68 Å². The Morgan fingerprint density at radius 1 is 1.31 bits per heavy atom. The average Bonchev–Trinajstić information content (AvgIpc) is 3.20. The molecule has 8 heteroatoms. The molecule has 26 heavy (non-hydrogen) atoms. The van der Waals surface area contributed by atoms with Gasteiger partial charge >= 0.3 is 0 Å². The predicted molar refractivity (Wildman–Crippen MR) is 116 cm³/mol. The number of nitrogens with one attached hydrogen (secondary N) is 3. The van der Waals surface area contributed by atoms with Gasteiger partial charge in [-0.1, -0.05) is 12.1 Å². The number of hydrogen-bond donors (Lipinski definition) is 3. The summed E-state index contributed by atoms with van der Waals surface area (Å²) < 4.78 is 1.74. The molecule has 0 saturated carbocycles. The van der Waals surface area contributed by atoms with Crippen LogP contribution in [0.25, 0.3) is 10.9 Å². The van der Waals surface area contributed by atoms with Crippen LogP contribution in [0.15, 0.2) is 35.7 Å². The quantitative estimate of drug-likeness (QED) is 0.296. The van der Waals surface area contributed by atoms with Gasteiger partial charge in [-0.25, -0.2) is 9.98 Å². The van der Waals surface area contributed by atoms with Crippen molar-refractivity contribution in [2.24, 2.45) is 12.0 Å². The Hall–Kier alpha value is -2.10. The van der Waals surface area contributed by atoms with Crippen molar-refractivity contribution < 1.29 is 0 Å². The lowest BCUT2D eigenvalue weighted by Gasteiger charge is -2.11. The first-order valence-electron chi connectivity index (χ1n) is 8.59. The number of halogens is 1. The Balaban J connectivity index is 0.00000243. The Morgan fingerprint density at radius 3 is 2.88 bits per heavy atom. The summed E-state index contributed by atoms with van der Waals surface area (Å²) in [5.41, 5.74) is 3.82. The molecule has 140 valence electrons. The van der Waals surface area contributed by atoms with Crippen LogP contribution in [0.4, 0.5) is 0 Å². The molecule has 0 amide bonds. The fraction of sp³-hybridized carbons (Fsp3) is 0.389. The third-order valence-electron chi connectivity index (χ3n) is 4.21. The van der Waals surface area contributed by atoms with Crippen molar-refractivity contribution >= 4 is 40.8 Å². The van der Waals surface area contributed by atoms with E-state index in [1.54, 1.807) is 11.0 Å². The summed E-state index contributed by atoms with van der Waals surface area (Å²) in [6.07, 6.45) is 4.58. The molecular weight excluding hydrogens is 441 g/mol. The zero-order valence-electron chi connectivity index (χ0n) is 15.4. The molecule has 0 radical (unpaired) electrons. The van der Waals surface area contributed by atoms with Crippen LogP contribution in [0.1, 0.15) is 23.9 Å². The van der Waals surface area contributed by atoms with Gasteiger partial charge in [0, 0.05) is 37.2 Å². The van der Waals surface area contributed by atoms with Crippen molar-refractivity contribution in [3.05, 3.63) is 47.7 Å². The Bertz CT molecular complexity index is 865. The highest BCUT2D eigenvalue weighted by molar-refractivity contribution is 14.0. The maximum Gasteiger partial charge on any atom is 0.191 e. The molecule has 3 N–H and O–H groups in total. The molecule has 0 aliphatic carbocycles. The van der Waals surface area contributed by atoms with Crippen molar-refractivity contribution in [3.63, 3.8) is 0 Å². The summed E-state index contributed by atoms with van der Waals surface area (Å²) in [6.45, 7) is 6.34. The molecule has 3 rings (SSSR count). The van der Waals surface area contributed by atoms with E-state index in [1.165, 1.54) is 22.0 Å². The monoisotopic (exact) mass is 467 g/mol. The van der Waals surface area contributed by atoms with Gasteiger partial charge in [-0.2, -0.15) is 5.10 Å². The first-order chi connectivity index (χ1) is 12.2. The number of benzene rings is 1. The zero-order chi connectivity index (χ0) is 17.6. The number of rotatable bonds is 6. The van der Waals surface area contributed by atoms with Gasteiger partial charge < -0.3 is 15.6 Å². The average molecular weight is 467 g/mol. The van der Waals surface area contributed by atoms with Crippen LogP contribution in [0.2, 0.25) is 0 Å². The number of H-pyrrole nitrogens is 1. The second kappa shape index (κ2) is 9.56. The molecule has 0 unspecified atom stereocenters. The first-order valence-corrected chi connectivity index (χ1v) is 8.59. The van der Waals surface area contributed by atoms with E-state index in [-0.39, 0.29) is 24.0 Å². The first kappa shape index (κ1) is 20.2. The third-order valence-corrected chi connectivity index (χ3v) is 4.21. The smallest absolute Gasteiger partial charge is 0.191 e. The molecule has 0 saturated heterocycles. The number of aryl methyl sites for hydroxylation is 2. The number of nitrogens with zero attached hydrogens (tertiary/aromatic N) is 4. The predicted octanol–water partition coefficient (Wildman–Crippen LogP) is 2.52. The largest absolute Gasteiger partial charge is 0.361 e. The summed E-state index contributed by atoms with van der Waals surface area (Å²) in [5.74, 6) is 1.63. The summed E-state index contributed by atoms with van der Waals surface area (Å²) in [4.78, 5) is 12.1. The van der Waals surface area contributed by atoms with E-state index >= 15 is 0 Å². The van der Waals surface area contributed by atoms with Crippen molar-refractivity contribution in [1.82, 2.24) is 30.4 Å². The van der Waals surface area contributed by atoms with Crippen LogP contribution < -0.4 is 10.6 Å². The van der Waals surface area contributed by atoms with E-state index in [1.807, 2.05) is 7.05 Å². The number of fused-ring (bicyclic) bond motifs is 1. The third kappa shape index (κ3) is 4.75. The zero-order valence-corrected chi connectivity index (χ0v) is 17.7. The Labute approximate surface area is 170 Å². The van der Waals surface area contributed by atoms with Gasteiger partial charge in [0.15, 0.2) is 5.96 Å². The maximum atomic E-state index is 4.58. The summed E-state index contributed by atoms with van der Waals surface area (Å²) in [7, 11) is 1.87. The van der Waals surface area contributed by atoms with Gasteiger partial charge in [-0.05, 0) is 37.5 Å². The Kier molecular flexibility index (Phi) is 7.43. The fourth-order valence-corrected chi connectivity index (χ4v) is 2.92. The highest BCUT2D eigenvalue weighted by Crippen LogP contribution is 2.22. The van der Waals surface area contributed by atoms with Crippen LogP contribution >= 0.6 is 24.0 Å². The van der Waals surface area contributed by atoms with Gasteiger partial charge in [0.2, 0.25) is 0 Å². The van der Waals surface area contributed by atoms with E-state index in [4.69, 9.17) is 0 Å². The number of guanidine groups is 1. The molecule has 1 aromatic carbocycles. The molecule has 3 aromatic rings. The molecule has 0 bridgehead atoms. The minimum absolute atomic E-state index is 0. The maximum absolute atomic E-state index is 4.58. The molecule has 0 atom stereocenters. The second-order valence-electron chi connectivity index (χ2n) is 5.98. The van der Waals surface area contributed by atoms with Gasteiger partial charge in [-0.15, -0.1) is 24.0 Å². The molecule has 0 spiro atoms. The molecule has 7 nitrogen and oxygen atoms in total. The molecule has 2 heterocycles. The lowest BCUT2D eigenvalue weighted by Crippen LogP contribution is -2.38. The van der Waals surface area contributed by atoms with Crippen LogP contribution in [0.3, 0.4) is 0 Å². The van der Waals surface area contributed by atoms with Crippen LogP contribution in [0, 0.1) is 6.92 Å². The normalized spacial score (nSPS) is 11.4. The molecule has 0 aliphatic heterocycles. The summed E-state index contributed by atoms with van der Waals surface area (Å²) in [6, 6.07) is 6.35. The van der Waals surface area contributed by atoms with Gasteiger partial charge in [0.05, 0.1) is 0 Å². The summed E-state index contributed by atoms with van der Waals surface area (Å²) >= 11 is 0. The topological polar surface area (TPSA) is 82.9 Å². The minimum atomic E-state index is 0. The van der Waals surface area contributed by atoms with Gasteiger partial charge in [0.25, 0.3) is 0 Å². The molecule has 0 fully saturated rings. The van der Waals surface area contributed by atoms with Crippen molar-refractivity contribution in [1.29, 1.82) is 0 Å². The van der Waals surface area contributed by atoms with Crippen molar-refractivity contribution in [3.8, 4) is 0 Å². The van der Waals surface area contributed by atoms with E-state index in [0.29, 0.717) is 6.54 Å². The van der Waals surface area contributed by atoms with E-state index in [9.17, 15) is 0 Å². The lowest BCUT2D eigenvalue weighted by atomic mass is 10.1. The van der Waals surface area contributed by atoms with E-state index in [2.05, 4.69) is 68.9 Å². The van der Waals surface area contributed by atoms with E-state index < -0.39 is 0 Å². The minimum Gasteiger partial charge on any atom is -0.361 e. The number of hydrogen-bond acceptors (Lipinski definition) is 3. The molecule has 0 aliphatic rings. The highest BCUT2D eigenvalue weighted by atomic mass is 127. The number of aromatic amines is 1. The summed E-state index contributed by atoms with van der Waals surface area (Å²) in [5, 5.41) is 12.0. The number of aromatic nitrogens is 4. The lowest BCUT2D eigenvalue weighted by molar-refractivity contribution is 0.697. The van der Waals surface area contributed by atoms with Crippen LogP contribution in [-0.4, -0.2) is 38.8 Å². The standard InChI is InChI=1S/C18H25N7.HI/c1-4-19-18(22-11-16-23-12-24-25(16)3)20-9-8-14-10-21-15-7-5-6-13(2)17(14)15;/h5-7,10,12,21H,4,8-9,11H2,1-3H3,(H2,19,20,22);1H. The fourth-order valence-electron chi connectivity index (χ4n) is 2.92. The number of aliphatic imine (C=N–C) groups is 1. The van der Waals surface area contributed by atoms with Crippen LogP contribution in [-0.2, 0) is 20.0 Å². The van der Waals surface area contributed by atoms with Gasteiger partial charge in [0.1, 0.15) is 18.7 Å². The van der Waals surface area contributed by atoms with Crippen molar-refractivity contribution in [2.75, 3.05) is 13.1 Å².